The summed E-state index contributed by atoms with van der Waals surface area (Å²) in [6, 6.07) is 8.06. The molecule has 148 valence electrons. The third kappa shape index (κ3) is 7.06. The summed E-state index contributed by atoms with van der Waals surface area (Å²) >= 11 is 0.974. The highest BCUT2D eigenvalue weighted by Crippen LogP contribution is 2.31. The van der Waals surface area contributed by atoms with Crippen molar-refractivity contribution in [2.75, 3.05) is 13.1 Å². The Morgan fingerprint density at radius 2 is 1.81 bits per heavy atom. The standard InChI is InChI=1S/C15H18N2O2S.C2HF3O2/c1-2-3-11-4-6-12(7-5-11)10-13-14(18)17(9-8-16)15(19)20-13;3-2(4,5)1(6)7/h4-7,10H,2-3,8-9,16H2,1H3;(H,6,7)/b13-10-;. The molecule has 1 aromatic rings. The Hall–Kier alpha value is -2.33. The molecule has 2 amide bonds. The molecule has 1 saturated heterocycles. The van der Waals surface area contributed by atoms with Crippen molar-refractivity contribution in [3.63, 3.8) is 0 Å². The van der Waals surface area contributed by atoms with Crippen molar-refractivity contribution < 1.29 is 32.7 Å². The molecular weight excluding hydrogens is 385 g/mol. The molecule has 10 heteroatoms. The Balaban J connectivity index is 0.000000445. The lowest BCUT2D eigenvalue weighted by molar-refractivity contribution is -0.192. The van der Waals surface area contributed by atoms with Crippen LogP contribution in [0.1, 0.15) is 24.5 Å². The molecule has 1 aliphatic heterocycles. The number of hydrogen-bond donors (Lipinski definition) is 2. The molecule has 0 aromatic heterocycles. The van der Waals surface area contributed by atoms with Gasteiger partial charge in [0.1, 0.15) is 0 Å². The number of nitrogens with two attached hydrogens (primary N) is 1. The first-order valence-electron chi connectivity index (χ1n) is 7.94. The van der Waals surface area contributed by atoms with Crippen molar-refractivity contribution in [3.05, 3.63) is 40.3 Å². The van der Waals surface area contributed by atoms with Gasteiger partial charge < -0.3 is 10.8 Å². The Morgan fingerprint density at radius 3 is 2.26 bits per heavy atom. The molecule has 0 saturated carbocycles. The molecule has 2 rings (SSSR count). The van der Waals surface area contributed by atoms with Crippen molar-refractivity contribution in [3.8, 4) is 0 Å². The van der Waals surface area contributed by atoms with E-state index in [-0.39, 0.29) is 24.2 Å². The third-order valence-electron chi connectivity index (χ3n) is 3.28. The molecule has 0 atom stereocenters. The maximum Gasteiger partial charge on any atom is 0.490 e. The molecule has 0 bridgehead atoms. The van der Waals surface area contributed by atoms with Gasteiger partial charge in [-0.25, -0.2) is 4.79 Å². The van der Waals surface area contributed by atoms with Gasteiger partial charge in [-0.15, -0.1) is 0 Å². The minimum atomic E-state index is -5.08. The molecule has 27 heavy (non-hydrogen) atoms. The largest absolute Gasteiger partial charge is 0.490 e. The third-order valence-corrected chi connectivity index (χ3v) is 4.19. The summed E-state index contributed by atoms with van der Waals surface area (Å²) in [6.07, 6.45) is -1.16. The van der Waals surface area contributed by atoms with Crippen molar-refractivity contribution in [2.45, 2.75) is 25.9 Å². The van der Waals surface area contributed by atoms with E-state index in [0.717, 1.165) is 30.2 Å². The average Bonchev–Trinajstić information content (AvgIpc) is 2.84. The van der Waals surface area contributed by atoms with E-state index in [9.17, 15) is 22.8 Å². The van der Waals surface area contributed by atoms with Gasteiger partial charge >= 0.3 is 12.1 Å². The Kier molecular flexibility index (Phi) is 8.51. The summed E-state index contributed by atoms with van der Waals surface area (Å²) in [5, 5.41) is 6.88. The topological polar surface area (TPSA) is 101 Å². The first kappa shape index (κ1) is 22.7. The molecule has 1 aliphatic rings. The number of carboxylic acid groups (broad SMARTS) is 1. The van der Waals surface area contributed by atoms with Crippen molar-refractivity contribution in [1.29, 1.82) is 0 Å². The molecule has 6 nitrogen and oxygen atoms in total. The van der Waals surface area contributed by atoms with Crippen LogP contribution in [0, 0.1) is 0 Å². The number of carbonyl (C=O) groups excluding carboxylic acids is 2. The monoisotopic (exact) mass is 404 g/mol. The van der Waals surface area contributed by atoms with Gasteiger partial charge in [0, 0.05) is 13.1 Å². The predicted octanol–water partition coefficient (Wildman–Crippen LogP) is 3.27. The van der Waals surface area contributed by atoms with Crippen molar-refractivity contribution in [1.82, 2.24) is 4.90 Å². The van der Waals surface area contributed by atoms with Crippen LogP contribution in [0.3, 0.4) is 0 Å². The second kappa shape index (κ2) is 10.1. The van der Waals surface area contributed by atoms with E-state index >= 15 is 0 Å². The van der Waals surface area contributed by atoms with Crippen LogP contribution in [-0.4, -0.2) is 46.4 Å². The van der Waals surface area contributed by atoms with Crippen LogP contribution in [0.4, 0.5) is 18.0 Å². The summed E-state index contributed by atoms with van der Waals surface area (Å²) in [4.78, 5) is 34.3. The Morgan fingerprint density at radius 1 is 1.26 bits per heavy atom. The molecule has 0 radical (unpaired) electrons. The van der Waals surface area contributed by atoms with Gasteiger partial charge in [-0.1, -0.05) is 37.6 Å². The number of benzene rings is 1. The fourth-order valence-corrected chi connectivity index (χ4v) is 2.91. The van der Waals surface area contributed by atoms with Crippen LogP contribution in [0.5, 0.6) is 0 Å². The molecule has 0 spiro atoms. The molecular formula is C17H19F3N2O4S. The number of rotatable bonds is 5. The van der Waals surface area contributed by atoms with Gasteiger partial charge in [-0.3, -0.25) is 14.5 Å². The zero-order valence-electron chi connectivity index (χ0n) is 14.5. The number of alkyl halides is 3. The number of carboxylic acids is 1. The number of thioether (sulfide) groups is 1. The smallest absolute Gasteiger partial charge is 0.475 e. The fourth-order valence-electron chi connectivity index (χ4n) is 2.04. The normalized spacial score (nSPS) is 15.7. The van der Waals surface area contributed by atoms with Crippen molar-refractivity contribution >= 4 is 35.0 Å². The molecule has 0 aliphatic carbocycles. The van der Waals surface area contributed by atoms with E-state index in [1.54, 1.807) is 6.08 Å². The van der Waals surface area contributed by atoms with Gasteiger partial charge in [0.05, 0.1) is 4.91 Å². The van der Waals surface area contributed by atoms with E-state index in [1.807, 2.05) is 12.1 Å². The highest BCUT2D eigenvalue weighted by Gasteiger charge is 2.38. The van der Waals surface area contributed by atoms with Crippen LogP contribution in [0.2, 0.25) is 0 Å². The van der Waals surface area contributed by atoms with Crippen LogP contribution >= 0.6 is 11.8 Å². The highest BCUT2D eigenvalue weighted by molar-refractivity contribution is 8.18. The minimum absolute atomic E-state index is 0.241. The van der Waals surface area contributed by atoms with E-state index in [4.69, 9.17) is 15.6 Å². The lowest BCUT2D eigenvalue weighted by Crippen LogP contribution is -2.33. The maximum absolute atomic E-state index is 12.0. The number of hydrogen-bond acceptors (Lipinski definition) is 5. The number of carbonyl (C=O) groups is 3. The summed E-state index contributed by atoms with van der Waals surface area (Å²) in [6.45, 7) is 2.70. The summed E-state index contributed by atoms with van der Waals surface area (Å²) in [5.74, 6) is -3.00. The van der Waals surface area contributed by atoms with E-state index in [1.165, 1.54) is 10.5 Å². The van der Waals surface area contributed by atoms with Crippen LogP contribution in [0.25, 0.3) is 6.08 Å². The van der Waals surface area contributed by atoms with Gasteiger partial charge in [0.25, 0.3) is 11.1 Å². The number of nitrogens with zero attached hydrogens (tertiary/aromatic N) is 1. The fraction of sp³-hybridized carbons (Fsp3) is 0.353. The van der Waals surface area contributed by atoms with Crippen LogP contribution in [0.15, 0.2) is 29.2 Å². The molecule has 1 fully saturated rings. The van der Waals surface area contributed by atoms with Gasteiger partial charge in [0.15, 0.2) is 0 Å². The van der Waals surface area contributed by atoms with Gasteiger partial charge in [-0.2, -0.15) is 13.2 Å². The van der Waals surface area contributed by atoms with E-state index < -0.39 is 12.1 Å². The summed E-state index contributed by atoms with van der Waals surface area (Å²) in [7, 11) is 0. The predicted molar refractivity (Wildman–Crippen MR) is 95.9 cm³/mol. The number of amides is 2. The van der Waals surface area contributed by atoms with E-state index in [2.05, 4.69) is 19.1 Å². The van der Waals surface area contributed by atoms with Crippen molar-refractivity contribution in [2.24, 2.45) is 5.73 Å². The first-order valence-corrected chi connectivity index (χ1v) is 8.76. The lowest BCUT2D eigenvalue weighted by atomic mass is 10.1. The average molecular weight is 404 g/mol. The molecule has 3 N–H and O–H groups in total. The van der Waals surface area contributed by atoms with Crippen LogP contribution < -0.4 is 5.73 Å². The number of aliphatic carboxylic acids is 1. The first-order chi connectivity index (χ1) is 12.6. The minimum Gasteiger partial charge on any atom is -0.475 e. The maximum atomic E-state index is 12.0. The van der Waals surface area contributed by atoms with E-state index in [0.29, 0.717) is 4.91 Å². The van der Waals surface area contributed by atoms with Gasteiger partial charge in [-0.05, 0) is 35.4 Å². The van der Waals surface area contributed by atoms with Gasteiger partial charge in [0.2, 0.25) is 0 Å². The number of imide groups is 1. The molecule has 1 aromatic carbocycles. The lowest BCUT2D eigenvalue weighted by Gasteiger charge is -2.09. The highest BCUT2D eigenvalue weighted by atomic mass is 32.2. The van der Waals surface area contributed by atoms with Crippen LogP contribution in [-0.2, 0) is 16.0 Å². The summed E-state index contributed by atoms with van der Waals surface area (Å²) in [5.41, 5.74) is 7.61. The number of aryl methyl sites for hydroxylation is 1. The SMILES string of the molecule is CCCc1ccc(/C=C2\SC(=O)N(CCN)C2=O)cc1.O=C(O)C(F)(F)F. The quantitative estimate of drug-likeness (QED) is 0.731. The second-order valence-electron chi connectivity index (χ2n) is 5.42. The zero-order valence-corrected chi connectivity index (χ0v) is 15.3. The Bertz CT molecular complexity index is 718. The zero-order chi connectivity index (χ0) is 20.6. The molecule has 1 heterocycles. The molecule has 0 unspecified atom stereocenters. The Labute approximate surface area is 158 Å². The number of halogens is 3. The second-order valence-corrected chi connectivity index (χ2v) is 6.41. The summed E-state index contributed by atoms with van der Waals surface area (Å²) < 4.78 is 31.7.